The van der Waals surface area contributed by atoms with Crippen LogP contribution in [0.4, 0.5) is 0 Å². The summed E-state index contributed by atoms with van der Waals surface area (Å²) in [6.07, 6.45) is 2.68. The van der Waals surface area contributed by atoms with Gasteiger partial charge in [0.05, 0.1) is 17.6 Å². The van der Waals surface area contributed by atoms with Crippen molar-refractivity contribution in [2.75, 3.05) is 7.11 Å². The second kappa shape index (κ2) is 4.90. The molecule has 0 amide bonds. The standard InChI is InChI=1S/C13H14ClNO3/c1-3-8-6-15(7-13(16)17)11-5-10(14)12(18-2)4-9(8)11/h4-6H,3,7H2,1-2H3,(H,16,17). The van der Waals surface area contributed by atoms with Crippen LogP contribution < -0.4 is 4.74 Å². The van der Waals surface area contributed by atoms with Gasteiger partial charge in [-0.05, 0) is 24.1 Å². The number of carbonyl (C=O) groups is 1. The van der Waals surface area contributed by atoms with Crippen LogP contribution in [0.25, 0.3) is 10.9 Å². The molecule has 0 saturated heterocycles. The van der Waals surface area contributed by atoms with Crippen LogP contribution in [0.3, 0.4) is 0 Å². The number of aryl methyl sites for hydroxylation is 1. The fraction of sp³-hybridized carbons (Fsp3) is 0.308. The summed E-state index contributed by atoms with van der Waals surface area (Å²) >= 11 is 6.08. The van der Waals surface area contributed by atoms with Crippen molar-refractivity contribution in [3.8, 4) is 5.75 Å². The number of benzene rings is 1. The Labute approximate surface area is 110 Å². The monoisotopic (exact) mass is 267 g/mol. The number of aliphatic carboxylic acids is 1. The molecule has 0 fully saturated rings. The molecule has 1 aromatic heterocycles. The highest BCUT2D eigenvalue weighted by molar-refractivity contribution is 6.32. The summed E-state index contributed by atoms with van der Waals surface area (Å²) in [5.41, 5.74) is 1.90. The third-order valence-electron chi connectivity index (χ3n) is 2.92. The minimum Gasteiger partial charge on any atom is -0.495 e. The van der Waals surface area contributed by atoms with E-state index in [1.54, 1.807) is 17.7 Å². The topological polar surface area (TPSA) is 51.5 Å². The van der Waals surface area contributed by atoms with E-state index in [4.69, 9.17) is 21.4 Å². The van der Waals surface area contributed by atoms with E-state index in [0.717, 1.165) is 22.9 Å². The molecule has 0 radical (unpaired) electrons. The molecule has 2 rings (SSSR count). The zero-order valence-corrected chi connectivity index (χ0v) is 11.0. The number of halogens is 1. The first-order chi connectivity index (χ1) is 8.56. The van der Waals surface area contributed by atoms with Crippen molar-refractivity contribution >= 4 is 28.5 Å². The van der Waals surface area contributed by atoms with Gasteiger partial charge in [0.25, 0.3) is 0 Å². The van der Waals surface area contributed by atoms with Crippen molar-refractivity contribution in [2.24, 2.45) is 0 Å². The van der Waals surface area contributed by atoms with Crippen molar-refractivity contribution in [2.45, 2.75) is 19.9 Å². The van der Waals surface area contributed by atoms with E-state index in [2.05, 4.69) is 0 Å². The van der Waals surface area contributed by atoms with E-state index in [0.29, 0.717) is 10.8 Å². The Hall–Kier alpha value is -1.68. The van der Waals surface area contributed by atoms with Gasteiger partial charge in [-0.25, -0.2) is 0 Å². The molecule has 1 aromatic carbocycles. The Bertz CT molecular complexity index is 604. The average Bonchev–Trinajstić information content (AvgIpc) is 2.65. The Morgan fingerprint density at radius 1 is 1.50 bits per heavy atom. The molecule has 5 heteroatoms. The Balaban J connectivity index is 2.67. The van der Waals surface area contributed by atoms with Gasteiger partial charge < -0.3 is 14.4 Å². The minimum absolute atomic E-state index is 0.0703. The maximum atomic E-state index is 10.8. The highest BCUT2D eigenvalue weighted by Crippen LogP contribution is 2.32. The van der Waals surface area contributed by atoms with Gasteiger partial charge in [0.1, 0.15) is 12.3 Å². The number of fused-ring (bicyclic) bond motifs is 1. The molecule has 18 heavy (non-hydrogen) atoms. The highest BCUT2D eigenvalue weighted by Gasteiger charge is 2.13. The third-order valence-corrected chi connectivity index (χ3v) is 3.22. The van der Waals surface area contributed by atoms with Crippen LogP contribution in [0.5, 0.6) is 5.75 Å². The molecule has 0 unspecified atom stereocenters. The van der Waals surface area contributed by atoms with Gasteiger partial charge in [-0.1, -0.05) is 18.5 Å². The lowest BCUT2D eigenvalue weighted by Crippen LogP contribution is -2.07. The first-order valence-electron chi connectivity index (χ1n) is 5.63. The van der Waals surface area contributed by atoms with Gasteiger partial charge in [-0.2, -0.15) is 0 Å². The SMILES string of the molecule is CCc1cn(CC(=O)O)c2cc(Cl)c(OC)cc12. The summed E-state index contributed by atoms with van der Waals surface area (Å²) in [5.74, 6) is -0.270. The van der Waals surface area contributed by atoms with Gasteiger partial charge in [0.15, 0.2) is 0 Å². The van der Waals surface area contributed by atoms with Crippen molar-refractivity contribution < 1.29 is 14.6 Å². The first-order valence-corrected chi connectivity index (χ1v) is 6.01. The van der Waals surface area contributed by atoms with E-state index in [1.165, 1.54) is 0 Å². The molecular weight excluding hydrogens is 254 g/mol. The molecule has 2 aromatic rings. The number of carboxylic acid groups (broad SMARTS) is 1. The lowest BCUT2D eigenvalue weighted by Gasteiger charge is -2.05. The summed E-state index contributed by atoms with van der Waals surface area (Å²) in [4.78, 5) is 10.8. The third kappa shape index (κ3) is 2.16. The zero-order valence-electron chi connectivity index (χ0n) is 10.2. The van der Waals surface area contributed by atoms with Crippen LogP contribution in [0, 0.1) is 0 Å². The maximum Gasteiger partial charge on any atom is 0.323 e. The lowest BCUT2D eigenvalue weighted by molar-refractivity contribution is -0.137. The predicted octanol–water partition coefficient (Wildman–Crippen LogP) is 2.95. The summed E-state index contributed by atoms with van der Waals surface area (Å²) in [7, 11) is 1.56. The first kappa shape index (κ1) is 12.8. The molecule has 0 aliphatic carbocycles. The predicted molar refractivity (Wildman–Crippen MR) is 70.5 cm³/mol. The summed E-state index contributed by atoms with van der Waals surface area (Å²) in [5, 5.41) is 10.4. The van der Waals surface area contributed by atoms with E-state index in [1.807, 2.05) is 19.2 Å². The van der Waals surface area contributed by atoms with Crippen LogP contribution in [0.1, 0.15) is 12.5 Å². The summed E-state index contributed by atoms with van der Waals surface area (Å²) in [6, 6.07) is 3.60. The van der Waals surface area contributed by atoms with Gasteiger partial charge in [-0.3, -0.25) is 4.79 Å². The van der Waals surface area contributed by atoms with Gasteiger partial charge >= 0.3 is 5.97 Å². The fourth-order valence-corrected chi connectivity index (χ4v) is 2.31. The molecule has 1 heterocycles. The van der Waals surface area contributed by atoms with E-state index in [9.17, 15) is 4.79 Å². The molecule has 4 nitrogen and oxygen atoms in total. The fourth-order valence-electron chi connectivity index (χ4n) is 2.08. The van der Waals surface area contributed by atoms with Crippen molar-refractivity contribution in [1.29, 1.82) is 0 Å². The molecule has 0 aliphatic heterocycles. The highest BCUT2D eigenvalue weighted by atomic mass is 35.5. The lowest BCUT2D eigenvalue weighted by atomic mass is 10.1. The summed E-state index contributed by atoms with van der Waals surface area (Å²) < 4.78 is 6.88. The second-order valence-electron chi connectivity index (χ2n) is 4.03. The van der Waals surface area contributed by atoms with Crippen LogP contribution >= 0.6 is 11.6 Å². The van der Waals surface area contributed by atoms with E-state index < -0.39 is 5.97 Å². The molecule has 96 valence electrons. The second-order valence-corrected chi connectivity index (χ2v) is 4.44. The van der Waals surface area contributed by atoms with Crippen LogP contribution in [-0.4, -0.2) is 22.8 Å². The largest absolute Gasteiger partial charge is 0.495 e. The van der Waals surface area contributed by atoms with Crippen molar-refractivity contribution in [3.05, 3.63) is 28.9 Å². The van der Waals surface area contributed by atoms with E-state index in [-0.39, 0.29) is 6.54 Å². The van der Waals surface area contributed by atoms with Crippen LogP contribution in [-0.2, 0) is 17.8 Å². The number of hydrogen-bond donors (Lipinski definition) is 1. The Kier molecular flexibility index (Phi) is 3.48. The minimum atomic E-state index is -0.874. The number of ether oxygens (including phenoxy) is 1. The van der Waals surface area contributed by atoms with Crippen molar-refractivity contribution in [3.63, 3.8) is 0 Å². The number of nitrogens with zero attached hydrogens (tertiary/aromatic N) is 1. The summed E-state index contributed by atoms with van der Waals surface area (Å²) in [6.45, 7) is 1.96. The molecule has 1 N–H and O–H groups in total. The molecule has 0 atom stereocenters. The van der Waals surface area contributed by atoms with E-state index >= 15 is 0 Å². The number of aromatic nitrogens is 1. The van der Waals surface area contributed by atoms with Gasteiger partial charge in [0, 0.05) is 11.6 Å². The van der Waals surface area contributed by atoms with Gasteiger partial charge in [-0.15, -0.1) is 0 Å². The molecule has 0 spiro atoms. The molecule has 0 bridgehead atoms. The number of rotatable bonds is 4. The Morgan fingerprint density at radius 3 is 2.78 bits per heavy atom. The normalized spacial score (nSPS) is 10.8. The number of carboxylic acids is 1. The molecule has 0 aliphatic rings. The maximum absolute atomic E-state index is 10.8. The Morgan fingerprint density at radius 2 is 2.22 bits per heavy atom. The van der Waals surface area contributed by atoms with Crippen LogP contribution in [0.2, 0.25) is 5.02 Å². The number of hydrogen-bond acceptors (Lipinski definition) is 2. The zero-order chi connectivity index (χ0) is 13.3. The van der Waals surface area contributed by atoms with Crippen LogP contribution in [0.15, 0.2) is 18.3 Å². The molecular formula is C13H14ClNO3. The molecule has 0 saturated carbocycles. The smallest absolute Gasteiger partial charge is 0.323 e. The number of methoxy groups -OCH3 is 1. The average molecular weight is 268 g/mol. The van der Waals surface area contributed by atoms with Crippen molar-refractivity contribution in [1.82, 2.24) is 4.57 Å². The quantitative estimate of drug-likeness (QED) is 0.927. The van der Waals surface area contributed by atoms with Gasteiger partial charge in [0.2, 0.25) is 0 Å².